The Labute approximate surface area is 259 Å². The van der Waals surface area contributed by atoms with Crippen LogP contribution in [0, 0.1) is 5.92 Å². The lowest BCUT2D eigenvalue weighted by atomic mass is 9.82. The van der Waals surface area contributed by atoms with E-state index < -0.39 is 19.8 Å². The summed E-state index contributed by atoms with van der Waals surface area (Å²) in [7, 11) is -0.750. The number of fused-ring (bicyclic) bond motifs is 2. The van der Waals surface area contributed by atoms with Crippen LogP contribution in [0.4, 0.5) is 11.4 Å². The fourth-order valence-corrected chi connectivity index (χ4v) is 12.1. The fourth-order valence-electron chi connectivity index (χ4n) is 7.89. The molecule has 226 valence electrons. The van der Waals surface area contributed by atoms with Crippen LogP contribution in [0.2, 0.25) is 23.7 Å². The largest absolute Gasteiger partial charge is 0.497 e. The van der Waals surface area contributed by atoms with E-state index in [0.29, 0.717) is 11.6 Å². The average molecular weight is 619 g/mol. The molecule has 3 aliphatic rings. The third-order valence-electron chi connectivity index (χ3n) is 10.0. The maximum absolute atomic E-state index is 14.8. The number of rotatable bonds is 7. The summed E-state index contributed by atoms with van der Waals surface area (Å²) in [5.41, 5.74) is 0.877. The maximum atomic E-state index is 14.8. The van der Waals surface area contributed by atoms with Gasteiger partial charge in [-0.3, -0.25) is 14.5 Å². The van der Waals surface area contributed by atoms with Crippen LogP contribution in [0.1, 0.15) is 31.7 Å². The minimum Gasteiger partial charge on any atom is -0.497 e. The summed E-state index contributed by atoms with van der Waals surface area (Å²) in [5, 5.41) is 11.7. The molecule has 0 bridgehead atoms. The zero-order valence-corrected chi connectivity index (χ0v) is 26.9. The lowest BCUT2D eigenvalue weighted by molar-refractivity contribution is -0.149. The van der Waals surface area contributed by atoms with Crippen molar-refractivity contribution < 1.29 is 24.2 Å². The van der Waals surface area contributed by atoms with Gasteiger partial charge in [-0.2, -0.15) is 0 Å². The van der Waals surface area contributed by atoms with Gasteiger partial charge in [0.15, 0.2) is 5.60 Å². The number of methoxy groups -OCH3 is 1. The van der Waals surface area contributed by atoms with Gasteiger partial charge < -0.3 is 19.5 Å². The van der Waals surface area contributed by atoms with E-state index in [0.717, 1.165) is 35.5 Å². The highest BCUT2D eigenvalue weighted by molar-refractivity contribution is 6.91. The fraction of sp³-hybridized carbons (Fsp3) is 0.412. The van der Waals surface area contributed by atoms with Crippen molar-refractivity contribution in [1.82, 2.24) is 4.90 Å². The van der Waals surface area contributed by atoms with E-state index in [1.807, 2.05) is 54.6 Å². The van der Waals surface area contributed by atoms with Gasteiger partial charge in [-0.15, -0.1) is 0 Å². The monoisotopic (exact) mass is 618 g/mol. The van der Waals surface area contributed by atoms with Crippen LogP contribution in [0.5, 0.6) is 5.75 Å². The number of hydrogen-bond donors (Lipinski definition) is 1. The Morgan fingerprint density at radius 2 is 1.84 bits per heavy atom. The summed E-state index contributed by atoms with van der Waals surface area (Å²) in [6.07, 6.45) is 1.31. The summed E-state index contributed by atoms with van der Waals surface area (Å²) in [6, 6.07) is 23.2. The van der Waals surface area contributed by atoms with Gasteiger partial charge in [0.05, 0.1) is 46.0 Å². The van der Waals surface area contributed by atoms with Crippen molar-refractivity contribution in [2.45, 2.75) is 62.6 Å². The van der Waals surface area contributed by atoms with Crippen molar-refractivity contribution in [3.05, 3.63) is 83.4 Å². The van der Waals surface area contributed by atoms with E-state index in [-0.39, 0.29) is 42.3 Å². The summed E-state index contributed by atoms with van der Waals surface area (Å²) < 4.78 is 12.5. The molecule has 7 nitrogen and oxygen atoms in total. The predicted molar refractivity (Wildman–Crippen MR) is 171 cm³/mol. The minimum absolute atomic E-state index is 0.0352. The van der Waals surface area contributed by atoms with E-state index in [9.17, 15) is 14.7 Å². The Bertz CT molecular complexity index is 1520. The summed E-state index contributed by atoms with van der Waals surface area (Å²) >= 11 is 6.59. The standard InChI is InChI=1S/C34H39ClN2O5Si/c1-22-32(43(3,4)27-15-13-26(41-2)14-16-27)30(20-31(39)36-18-8-11-25(36)21-38)42-34(22)28-19-23(35)12-17-29(28)37(33(34)40)24-9-6-5-7-10-24/h5-7,9-10,12-17,19,22,25,30,32,38H,8,11,18,20-21H2,1-4H3/t22-,25-,30+,32-,34+/m0/s1. The smallest absolute Gasteiger partial charge is 0.268 e. The molecule has 5 atom stereocenters. The maximum Gasteiger partial charge on any atom is 0.268 e. The quantitative estimate of drug-likeness (QED) is 0.348. The molecule has 1 spiro atoms. The van der Waals surface area contributed by atoms with Crippen LogP contribution in [-0.4, -0.2) is 62.3 Å². The number of halogens is 1. The number of nitrogens with zero attached hydrogens (tertiary/aromatic N) is 2. The molecule has 3 aromatic carbocycles. The SMILES string of the molecule is COc1ccc([Si](C)(C)[C@@H]2[C@@H](CC(=O)N3CCC[C@H]3CO)O[C@]3(C(=O)N(c4ccccc4)c4ccc(Cl)cc43)[C@H]2C)cc1. The Hall–Kier alpha value is -3.17. The number of aliphatic hydroxyl groups is 1. The van der Waals surface area contributed by atoms with E-state index in [1.54, 1.807) is 23.0 Å². The number of aliphatic hydroxyl groups excluding tert-OH is 1. The number of likely N-dealkylation sites (tertiary alicyclic amines) is 1. The Balaban J connectivity index is 1.47. The first-order valence-corrected chi connectivity index (χ1v) is 18.5. The number of para-hydroxylation sites is 1. The topological polar surface area (TPSA) is 79.3 Å². The lowest BCUT2D eigenvalue weighted by Crippen LogP contribution is -2.52. The number of amides is 2. The average Bonchev–Trinajstić information content (AvgIpc) is 3.67. The summed E-state index contributed by atoms with van der Waals surface area (Å²) in [6.45, 7) is 7.28. The van der Waals surface area contributed by atoms with E-state index in [1.165, 1.54) is 5.19 Å². The molecule has 0 unspecified atom stereocenters. The normalized spacial score (nSPS) is 26.8. The second-order valence-corrected chi connectivity index (χ2v) is 17.7. The molecule has 6 rings (SSSR count). The molecule has 3 aliphatic heterocycles. The molecule has 0 aromatic heterocycles. The van der Waals surface area contributed by atoms with Gasteiger partial charge >= 0.3 is 0 Å². The van der Waals surface area contributed by atoms with E-state index in [2.05, 4.69) is 32.2 Å². The van der Waals surface area contributed by atoms with Gasteiger partial charge in [0.2, 0.25) is 5.91 Å². The van der Waals surface area contributed by atoms with E-state index in [4.69, 9.17) is 21.1 Å². The molecule has 2 fully saturated rings. The van der Waals surface area contributed by atoms with Crippen LogP contribution < -0.4 is 14.8 Å². The molecule has 3 aromatic rings. The molecule has 2 amide bonds. The van der Waals surface area contributed by atoms with Gasteiger partial charge in [-0.05, 0) is 60.8 Å². The van der Waals surface area contributed by atoms with Crippen LogP contribution in [0.25, 0.3) is 0 Å². The number of carbonyl (C=O) groups is 2. The lowest BCUT2D eigenvalue weighted by Gasteiger charge is -2.37. The first kappa shape index (κ1) is 29.9. The Morgan fingerprint density at radius 1 is 1.12 bits per heavy atom. The first-order chi connectivity index (χ1) is 20.6. The highest BCUT2D eigenvalue weighted by Gasteiger charge is 2.66. The molecular weight excluding hydrogens is 580 g/mol. The number of carbonyl (C=O) groups excluding carboxylic acids is 2. The number of benzene rings is 3. The molecule has 0 saturated carbocycles. The molecule has 0 aliphatic carbocycles. The number of ether oxygens (including phenoxy) is 2. The highest BCUT2D eigenvalue weighted by Crippen LogP contribution is 2.61. The molecule has 3 heterocycles. The molecular formula is C34H39ClN2O5Si. The highest BCUT2D eigenvalue weighted by atomic mass is 35.5. The second kappa shape index (κ2) is 11.4. The molecule has 1 N–H and O–H groups in total. The predicted octanol–water partition coefficient (Wildman–Crippen LogP) is 5.62. The van der Waals surface area contributed by atoms with Crippen molar-refractivity contribution >= 4 is 48.1 Å². The third-order valence-corrected chi connectivity index (χ3v) is 14.6. The van der Waals surface area contributed by atoms with Gasteiger partial charge in [0.1, 0.15) is 5.75 Å². The van der Waals surface area contributed by atoms with Crippen molar-refractivity contribution in [2.24, 2.45) is 5.92 Å². The van der Waals surface area contributed by atoms with Crippen molar-refractivity contribution in [1.29, 1.82) is 0 Å². The second-order valence-electron chi connectivity index (χ2n) is 12.6. The van der Waals surface area contributed by atoms with Gasteiger partial charge in [-0.1, -0.05) is 67.1 Å². The zero-order valence-electron chi connectivity index (χ0n) is 25.1. The molecule has 9 heteroatoms. The van der Waals surface area contributed by atoms with Gasteiger partial charge in [-0.25, -0.2) is 0 Å². The zero-order chi connectivity index (χ0) is 30.5. The molecule has 0 radical (unpaired) electrons. The Kier molecular flexibility index (Phi) is 7.92. The minimum atomic E-state index is -2.40. The number of anilines is 2. The van der Waals surface area contributed by atoms with Crippen LogP contribution in [0.15, 0.2) is 72.8 Å². The Morgan fingerprint density at radius 3 is 2.51 bits per heavy atom. The third kappa shape index (κ3) is 4.79. The summed E-state index contributed by atoms with van der Waals surface area (Å²) in [4.78, 5) is 32.2. The van der Waals surface area contributed by atoms with Crippen molar-refractivity contribution in [2.75, 3.05) is 25.2 Å². The van der Waals surface area contributed by atoms with Crippen molar-refractivity contribution in [3.8, 4) is 5.75 Å². The molecule has 2 saturated heterocycles. The van der Waals surface area contributed by atoms with Crippen LogP contribution >= 0.6 is 11.6 Å². The summed E-state index contributed by atoms with van der Waals surface area (Å²) in [5.74, 6) is 0.341. The van der Waals surface area contributed by atoms with Crippen LogP contribution in [0.3, 0.4) is 0 Å². The van der Waals surface area contributed by atoms with Crippen LogP contribution in [-0.2, 0) is 19.9 Å². The first-order valence-electron chi connectivity index (χ1n) is 15.1. The van der Waals surface area contributed by atoms with E-state index >= 15 is 0 Å². The van der Waals surface area contributed by atoms with Gasteiger partial charge in [0.25, 0.3) is 5.91 Å². The van der Waals surface area contributed by atoms with Gasteiger partial charge in [0, 0.05) is 28.7 Å². The number of hydrogen-bond acceptors (Lipinski definition) is 5. The molecule has 43 heavy (non-hydrogen) atoms. The van der Waals surface area contributed by atoms with Crippen molar-refractivity contribution in [3.63, 3.8) is 0 Å².